The maximum atomic E-state index is 11.5. The highest BCUT2D eigenvalue weighted by molar-refractivity contribution is 5.75. The Morgan fingerprint density at radius 2 is 2.04 bits per heavy atom. The molecule has 9 nitrogen and oxygen atoms in total. The fourth-order valence-corrected chi connectivity index (χ4v) is 2.35. The lowest BCUT2D eigenvalue weighted by Crippen LogP contribution is -2.23. The third kappa shape index (κ3) is 3.20. The second-order valence-electron chi connectivity index (χ2n) is 5.13. The van der Waals surface area contributed by atoms with Crippen LogP contribution in [0.15, 0.2) is 37.2 Å². The quantitative estimate of drug-likeness (QED) is 0.674. The first-order valence-electron chi connectivity index (χ1n) is 7.50. The SMILES string of the molecule is CNC(=O)Cn1cc(-n2ccnc2-c2nccn2CCOC)cn1. The predicted molar refractivity (Wildman–Crippen MR) is 86.5 cm³/mol. The van der Waals surface area contributed by atoms with E-state index in [0.29, 0.717) is 19.0 Å². The predicted octanol–water partition coefficient (Wildman–Crippen LogP) is 0.325. The fourth-order valence-electron chi connectivity index (χ4n) is 2.35. The lowest BCUT2D eigenvalue weighted by Gasteiger charge is -2.08. The van der Waals surface area contributed by atoms with Crippen molar-refractivity contribution in [2.75, 3.05) is 20.8 Å². The van der Waals surface area contributed by atoms with Crippen molar-refractivity contribution in [3.63, 3.8) is 0 Å². The molecule has 126 valence electrons. The molecule has 0 atom stereocenters. The largest absolute Gasteiger partial charge is 0.383 e. The molecule has 1 amide bonds. The number of aromatic nitrogens is 6. The molecule has 0 aromatic carbocycles. The lowest BCUT2D eigenvalue weighted by atomic mass is 10.4. The zero-order valence-corrected chi connectivity index (χ0v) is 13.6. The summed E-state index contributed by atoms with van der Waals surface area (Å²) in [4.78, 5) is 20.3. The zero-order valence-electron chi connectivity index (χ0n) is 13.6. The molecule has 0 spiro atoms. The molecule has 0 radical (unpaired) electrons. The topological polar surface area (TPSA) is 91.8 Å². The molecule has 0 saturated carbocycles. The van der Waals surface area contributed by atoms with Gasteiger partial charge in [0, 0.05) is 51.7 Å². The molecular weight excluding hydrogens is 310 g/mol. The molecule has 0 fully saturated rings. The first kappa shape index (κ1) is 15.9. The van der Waals surface area contributed by atoms with Crippen LogP contribution in [0.25, 0.3) is 17.3 Å². The van der Waals surface area contributed by atoms with Gasteiger partial charge in [0.25, 0.3) is 0 Å². The zero-order chi connectivity index (χ0) is 16.9. The van der Waals surface area contributed by atoms with Crippen LogP contribution in [0, 0.1) is 0 Å². The maximum Gasteiger partial charge on any atom is 0.241 e. The van der Waals surface area contributed by atoms with Gasteiger partial charge in [-0.05, 0) is 0 Å². The number of ether oxygens (including phenoxy) is 1. The number of nitrogens with one attached hydrogen (secondary N) is 1. The molecule has 3 rings (SSSR count). The van der Waals surface area contributed by atoms with E-state index < -0.39 is 0 Å². The summed E-state index contributed by atoms with van der Waals surface area (Å²) in [5.41, 5.74) is 0.813. The highest BCUT2D eigenvalue weighted by Gasteiger charge is 2.14. The van der Waals surface area contributed by atoms with Gasteiger partial charge in [-0.15, -0.1) is 0 Å². The monoisotopic (exact) mass is 329 g/mol. The smallest absolute Gasteiger partial charge is 0.241 e. The van der Waals surface area contributed by atoms with Crippen LogP contribution in [-0.2, 0) is 22.6 Å². The molecule has 3 aromatic heterocycles. The van der Waals surface area contributed by atoms with Crippen molar-refractivity contribution in [2.24, 2.45) is 0 Å². The van der Waals surface area contributed by atoms with Gasteiger partial charge >= 0.3 is 0 Å². The number of hydrogen-bond donors (Lipinski definition) is 1. The van der Waals surface area contributed by atoms with Crippen molar-refractivity contribution in [1.82, 2.24) is 34.2 Å². The average Bonchev–Trinajstić information content (AvgIpc) is 3.31. The average molecular weight is 329 g/mol. The molecule has 0 bridgehead atoms. The number of nitrogens with zero attached hydrogens (tertiary/aromatic N) is 6. The molecule has 0 saturated heterocycles. The van der Waals surface area contributed by atoms with Crippen LogP contribution in [0.2, 0.25) is 0 Å². The van der Waals surface area contributed by atoms with Gasteiger partial charge in [-0.2, -0.15) is 5.10 Å². The Bertz CT molecular complexity index is 817. The molecule has 0 unspecified atom stereocenters. The number of methoxy groups -OCH3 is 1. The van der Waals surface area contributed by atoms with Gasteiger partial charge in [-0.25, -0.2) is 9.97 Å². The highest BCUT2D eigenvalue weighted by Crippen LogP contribution is 2.19. The van der Waals surface area contributed by atoms with E-state index in [1.54, 1.807) is 43.6 Å². The second kappa shape index (κ2) is 7.09. The number of likely N-dealkylation sites (N-methyl/N-ethyl adjacent to an activating group) is 1. The molecular formula is C15H19N7O2. The summed E-state index contributed by atoms with van der Waals surface area (Å²) in [6.45, 7) is 1.45. The van der Waals surface area contributed by atoms with Crippen LogP contribution in [0.5, 0.6) is 0 Å². The Kier molecular flexibility index (Phi) is 4.71. The fraction of sp³-hybridized carbons (Fsp3) is 0.333. The van der Waals surface area contributed by atoms with Gasteiger partial charge < -0.3 is 14.6 Å². The Hall–Kier alpha value is -2.94. The van der Waals surface area contributed by atoms with E-state index in [4.69, 9.17) is 4.74 Å². The van der Waals surface area contributed by atoms with E-state index >= 15 is 0 Å². The number of carbonyl (C=O) groups is 1. The maximum absolute atomic E-state index is 11.5. The number of hydrogen-bond acceptors (Lipinski definition) is 5. The van der Waals surface area contributed by atoms with Crippen LogP contribution in [0.1, 0.15) is 0 Å². The van der Waals surface area contributed by atoms with E-state index in [9.17, 15) is 4.79 Å². The van der Waals surface area contributed by atoms with Crippen LogP contribution in [0.4, 0.5) is 0 Å². The summed E-state index contributed by atoms with van der Waals surface area (Å²) in [6.07, 6.45) is 10.7. The van der Waals surface area contributed by atoms with Crippen LogP contribution in [0.3, 0.4) is 0 Å². The van der Waals surface area contributed by atoms with E-state index in [2.05, 4.69) is 20.4 Å². The summed E-state index contributed by atoms with van der Waals surface area (Å²) in [6, 6.07) is 0. The van der Waals surface area contributed by atoms with E-state index in [1.807, 2.05) is 21.5 Å². The summed E-state index contributed by atoms with van der Waals surface area (Å²) in [5.74, 6) is 1.34. The minimum Gasteiger partial charge on any atom is -0.383 e. The number of imidazole rings is 2. The van der Waals surface area contributed by atoms with Crippen LogP contribution < -0.4 is 5.32 Å². The third-order valence-corrected chi connectivity index (χ3v) is 3.57. The first-order chi connectivity index (χ1) is 11.7. The second-order valence-corrected chi connectivity index (χ2v) is 5.13. The van der Waals surface area contributed by atoms with E-state index in [0.717, 1.165) is 11.5 Å². The van der Waals surface area contributed by atoms with Crippen LogP contribution in [-0.4, -0.2) is 55.6 Å². The molecule has 0 aliphatic carbocycles. The Morgan fingerprint density at radius 1 is 1.25 bits per heavy atom. The normalized spacial score (nSPS) is 10.9. The molecule has 24 heavy (non-hydrogen) atoms. The summed E-state index contributed by atoms with van der Waals surface area (Å²) in [7, 11) is 3.26. The Labute approximate surface area is 138 Å². The van der Waals surface area contributed by atoms with Crippen molar-refractivity contribution >= 4 is 5.91 Å². The Balaban J connectivity index is 1.88. The van der Waals surface area contributed by atoms with Crippen molar-refractivity contribution in [2.45, 2.75) is 13.1 Å². The van der Waals surface area contributed by atoms with Gasteiger partial charge in [0.1, 0.15) is 6.54 Å². The molecule has 3 aromatic rings. The lowest BCUT2D eigenvalue weighted by molar-refractivity contribution is -0.121. The van der Waals surface area contributed by atoms with Crippen molar-refractivity contribution in [1.29, 1.82) is 0 Å². The van der Waals surface area contributed by atoms with Crippen molar-refractivity contribution in [3.8, 4) is 17.3 Å². The van der Waals surface area contributed by atoms with Gasteiger partial charge in [-0.3, -0.25) is 14.0 Å². The van der Waals surface area contributed by atoms with Gasteiger partial charge in [0.05, 0.1) is 18.5 Å². The standard InChI is InChI=1S/C15H19N7O2/c1-16-13(23)11-21-10-12(9-19-21)22-6-4-18-15(22)14-17-3-5-20(14)7-8-24-2/h3-6,9-10H,7-8,11H2,1-2H3,(H,16,23). The number of rotatable bonds is 7. The molecule has 9 heteroatoms. The minimum atomic E-state index is -0.106. The van der Waals surface area contributed by atoms with Gasteiger partial charge in [-0.1, -0.05) is 0 Å². The number of amides is 1. The van der Waals surface area contributed by atoms with E-state index in [-0.39, 0.29) is 12.5 Å². The van der Waals surface area contributed by atoms with E-state index in [1.165, 1.54) is 0 Å². The Morgan fingerprint density at radius 3 is 2.83 bits per heavy atom. The third-order valence-electron chi connectivity index (χ3n) is 3.57. The molecule has 1 N–H and O–H groups in total. The van der Waals surface area contributed by atoms with Crippen LogP contribution >= 0.6 is 0 Å². The first-order valence-corrected chi connectivity index (χ1v) is 7.50. The highest BCUT2D eigenvalue weighted by atomic mass is 16.5. The van der Waals surface area contributed by atoms with Crippen molar-refractivity contribution in [3.05, 3.63) is 37.2 Å². The molecule has 0 aliphatic heterocycles. The summed E-state index contributed by atoms with van der Waals surface area (Å²) >= 11 is 0. The van der Waals surface area contributed by atoms with Crippen molar-refractivity contribution < 1.29 is 9.53 Å². The minimum absolute atomic E-state index is 0.106. The van der Waals surface area contributed by atoms with Gasteiger partial charge in [0.2, 0.25) is 5.91 Å². The summed E-state index contributed by atoms with van der Waals surface area (Å²) < 4.78 is 10.6. The molecule has 0 aliphatic rings. The van der Waals surface area contributed by atoms with Gasteiger partial charge in [0.15, 0.2) is 11.6 Å². The summed E-state index contributed by atoms with van der Waals surface area (Å²) in [5, 5.41) is 6.79. The number of carbonyl (C=O) groups excluding carboxylic acids is 1. The molecule has 3 heterocycles.